The van der Waals surface area contributed by atoms with Crippen molar-refractivity contribution >= 4 is 5.91 Å². The molecule has 1 saturated heterocycles. The number of rotatable bonds is 6. The Bertz CT molecular complexity index is 1070. The van der Waals surface area contributed by atoms with Crippen LogP contribution in [0.25, 0.3) is 16.9 Å². The minimum Gasteiger partial charge on any atom is -0.349 e. The summed E-state index contributed by atoms with van der Waals surface area (Å²) < 4.78 is 16.1. The Morgan fingerprint density at radius 3 is 2.61 bits per heavy atom. The molecule has 1 N–H and O–H groups in total. The minimum absolute atomic E-state index is 0.201. The summed E-state index contributed by atoms with van der Waals surface area (Å²) in [6.07, 6.45) is 3.73. The van der Waals surface area contributed by atoms with Crippen LogP contribution in [0.3, 0.4) is 0 Å². The van der Waals surface area contributed by atoms with Crippen LogP contribution in [0.15, 0.2) is 48.5 Å². The van der Waals surface area contributed by atoms with Crippen molar-refractivity contribution in [3.8, 4) is 16.9 Å². The first-order valence-corrected chi connectivity index (χ1v) is 11.0. The second-order valence-corrected chi connectivity index (χ2v) is 8.25. The lowest BCUT2D eigenvalue weighted by Crippen LogP contribution is -2.38. The summed E-state index contributed by atoms with van der Waals surface area (Å²) in [5, 5.41) is 7.67. The maximum atomic E-state index is 14.4. The molecule has 1 aliphatic rings. The molecular weight excluding hydrogens is 391 g/mol. The number of likely N-dealkylation sites (tertiary alicyclic amines) is 1. The molecule has 1 fully saturated rings. The number of hydrogen-bond donors (Lipinski definition) is 1. The average Bonchev–Trinajstić information content (AvgIpc) is 3.21. The summed E-state index contributed by atoms with van der Waals surface area (Å²) in [6.45, 7) is 7.58. The summed E-state index contributed by atoms with van der Waals surface area (Å²) in [5.74, 6) is -0.557. The average molecular weight is 421 g/mol. The van der Waals surface area contributed by atoms with E-state index in [9.17, 15) is 9.18 Å². The number of aryl methyl sites for hydroxylation is 2. The van der Waals surface area contributed by atoms with Gasteiger partial charge < -0.3 is 10.2 Å². The van der Waals surface area contributed by atoms with E-state index in [-0.39, 0.29) is 11.7 Å². The van der Waals surface area contributed by atoms with Crippen LogP contribution >= 0.6 is 0 Å². The van der Waals surface area contributed by atoms with Gasteiger partial charge in [0, 0.05) is 18.7 Å². The predicted molar refractivity (Wildman–Crippen MR) is 121 cm³/mol. The Labute approximate surface area is 182 Å². The quantitative estimate of drug-likeness (QED) is 0.638. The van der Waals surface area contributed by atoms with Gasteiger partial charge in [-0.1, -0.05) is 30.7 Å². The Kier molecular flexibility index (Phi) is 6.47. The zero-order valence-electron chi connectivity index (χ0n) is 18.2. The van der Waals surface area contributed by atoms with E-state index in [1.165, 1.54) is 25.3 Å². The lowest BCUT2D eigenvalue weighted by atomic mass is 10.1. The first-order valence-electron chi connectivity index (χ1n) is 11.0. The van der Waals surface area contributed by atoms with E-state index in [2.05, 4.69) is 15.3 Å². The van der Waals surface area contributed by atoms with Gasteiger partial charge in [0.2, 0.25) is 0 Å². The maximum Gasteiger partial charge on any atom is 0.270 e. The molecule has 0 unspecified atom stereocenters. The van der Waals surface area contributed by atoms with Gasteiger partial charge in [0.25, 0.3) is 5.91 Å². The monoisotopic (exact) mass is 420 g/mol. The zero-order chi connectivity index (χ0) is 21.8. The third-order valence-corrected chi connectivity index (χ3v) is 5.85. The molecule has 2 heterocycles. The molecule has 0 bridgehead atoms. The number of halogens is 1. The summed E-state index contributed by atoms with van der Waals surface area (Å²) in [5.41, 5.74) is 4.12. The Hall–Kier alpha value is -2.99. The number of amides is 1. The molecule has 0 spiro atoms. The lowest BCUT2D eigenvalue weighted by Gasteiger charge is -2.26. The molecule has 0 aliphatic carbocycles. The van der Waals surface area contributed by atoms with Crippen LogP contribution in [-0.2, 0) is 0 Å². The van der Waals surface area contributed by atoms with Crippen LogP contribution in [0, 0.1) is 19.7 Å². The second kappa shape index (κ2) is 9.43. The normalized spacial score (nSPS) is 14.5. The Balaban J connectivity index is 1.63. The number of nitrogens with zero attached hydrogens (tertiary/aromatic N) is 3. The fourth-order valence-electron chi connectivity index (χ4n) is 4.08. The van der Waals surface area contributed by atoms with Crippen molar-refractivity contribution in [2.45, 2.75) is 33.1 Å². The van der Waals surface area contributed by atoms with Crippen LogP contribution in [-0.4, -0.2) is 46.8 Å². The number of aromatic nitrogens is 2. The van der Waals surface area contributed by atoms with E-state index < -0.39 is 0 Å². The van der Waals surface area contributed by atoms with Crippen molar-refractivity contribution in [1.29, 1.82) is 0 Å². The number of carbonyl (C=O) groups excluding carboxylic acids is 1. The third-order valence-electron chi connectivity index (χ3n) is 5.85. The number of hydrogen-bond acceptors (Lipinski definition) is 3. The lowest BCUT2D eigenvalue weighted by molar-refractivity contribution is 0.0939. The largest absolute Gasteiger partial charge is 0.349 e. The summed E-state index contributed by atoms with van der Waals surface area (Å²) in [7, 11) is 0. The van der Waals surface area contributed by atoms with E-state index in [1.54, 1.807) is 28.9 Å². The van der Waals surface area contributed by atoms with E-state index in [0.717, 1.165) is 36.4 Å². The molecule has 1 aromatic heterocycles. The van der Waals surface area contributed by atoms with Gasteiger partial charge in [-0.15, -0.1) is 0 Å². The molecule has 1 aliphatic heterocycles. The smallest absolute Gasteiger partial charge is 0.270 e. The van der Waals surface area contributed by atoms with E-state index >= 15 is 0 Å². The SMILES string of the molecule is Cc1ccc(C)c(-n2nc(-c3ccccc3F)cc2C(=O)NCCN2CCCCC2)c1. The first kappa shape index (κ1) is 21.2. The molecule has 0 radical (unpaired) electrons. The molecule has 2 aromatic carbocycles. The van der Waals surface area contributed by atoms with Gasteiger partial charge in [0.1, 0.15) is 11.5 Å². The second-order valence-electron chi connectivity index (χ2n) is 8.25. The van der Waals surface area contributed by atoms with Crippen molar-refractivity contribution < 1.29 is 9.18 Å². The van der Waals surface area contributed by atoms with Gasteiger partial charge in [-0.3, -0.25) is 4.79 Å². The molecule has 162 valence electrons. The fraction of sp³-hybridized carbons (Fsp3) is 0.360. The van der Waals surface area contributed by atoms with Crippen molar-refractivity contribution in [3.63, 3.8) is 0 Å². The molecule has 0 atom stereocenters. The molecule has 5 nitrogen and oxygen atoms in total. The predicted octanol–water partition coefficient (Wildman–Crippen LogP) is 4.51. The van der Waals surface area contributed by atoms with Crippen molar-refractivity contribution in [2.75, 3.05) is 26.2 Å². The van der Waals surface area contributed by atoms with Crippen molar-refractivity contribution in [2.24, 2.45) is 0 Å². The minimum atomic E-state index is -0.356. The summed E-state index contributed by atoms with van der Waals surface area (Å²) in [4.78, 5) is 15.5. The van der Waals surface area contributed by atoms with E-state index in [0.29, 0.717) is 23.5 Å². The molecule has 1 amide bonds. The summed E-state index contributed by atoms with van der Waals surface area (Å²) >= 11 is 0. The molecule has 0 saturated carbocycles. The van der Waals surface area contributed by atoms with Crippen LogP contribution in [0.5, 0.6) is 0 Å². The Morgan fingerprint density at radius 2 is 1.84 bits per heavy atom. The molecule has 6 heteroatoms. The molecule has 4 rings (SSSR count). The summed E-state index contributed by atoms with van der Waals surface area (Å²) in [6, 6.07) is 14.2. The topological polar surface area (TPSA) is 50.2 Å². The van der Waals surface area contributed by atoms with Gasteiger partial charge in [-0.05, 0) is 75.2 Å². The van der Waals surface area contributed by atoms with Crippen LogP contribution in [0.4, 0.5) is 4.39 Å². The van der Waals surface area contributed by atoms with Crippen LogP contribution < -0.4 is 5.32 Å². The highest BCUT2D eigenvalue weighted by Gasteiger charge is 2.20. The van der Waals surface area contributed by atoms with Crippen LogP contribution in [0.2, 0.25) is 0 Å². The number of carbonyl (C=O) groups is 1. The van der Waals surface area contributed by atoms with Crippen molar-refractivity contribution in [1.82, 2.24) is 20.0 Å². The van der Waals surface area contributed by atoms with Gasteiger partial charge in [-0.25, -0.2) is 9.07 Å². The van der Waals surface area contributed by atoms with Crippen molar-refractivity contribution in [3.05, 3.63) is 71.2 Å². The van der Waals surface area contributed by atoms with E-state index in [4.69, 9.17) is 0 Å². The molecule has 3 aromatic rings. The highest BCUT2D eigenvalue weighted by molar-refractivity contribution is 5.94. The zero-order valence-corrected chi connectivity index (χ0v) is 18.2. The van der Waals surface area contributed by atoms with Crippen LogP contribution in [0.1, 0.15) is 40.9 Å². The third kappa shape index (κ3) is 4.85. The van der Waals surface area contributed by atoms with Gasteiger partial charge >= 0.3 is 0 Å². The first-order chi connectivity index (χ1) is 15.0. The van der Waals surface area contributed by atoms with Gasteiger partial charge in [-0.2, -0.15) is 5.10 Å². The molecular formula is C25H29FN4O. The molecule has 31 heavy (non-hydrogen) atoms. The number of benzene rings is 2. The number of nitrogens with one attached hydrogen (secondary N) is 1. The standard InChI is InChI=1S/C25H29FN4O/c1-18-10-11-19(2)23(16-18)30-24(17-22(28-30)20-8-4-5-9-21(20)26)25(31)27-12-15-29-13-6-3-7-14-29/h4-5,8-11,16-17H,3,6-7,12-15H2,1-2H3,(H,27,31). The van der Waals surface area contributed by atoms with E-state index in [1.807, 2.05) is 32.0 Å². The highest BCUT2D eigenvalue weighted by Crippen LogP contribution is 2.26. The van der Waals surface area contributed by atoms with Gasteiger partial charge in [0.15, 0.2) is 0 Å². The highest BCUT2D eigenvalue weighted by atomic mass is 19.1. The maximum absolute atomic E-state index is 14.4. The Morgan fingerprint density at radius 1 is 1.06 bits per heavy atom. The fourth-order valence-corrected chi connectivity index (χ4v) is 4.08. The van der Waals surface area contributed by atoms with Gasteiger partial charge in [0.05, 0.1) is 11.4 Å². The number of piperidine rings is 1.